The highest BCUT2D eigenvalue weighted by Crippen LogP contribution is 2.35. The van der Waals surface area contributed by atoms with Gasteiger partial charge in [-0.1, -0.05) is 26.7 Å². The topological polar surface area (TPSA) is 91.0 Å². The van der Waals surface area contributed by atoms with Crippen molar-refractivity contribution < 1.29 is 19.1 Å². The molecule has 0 radical (unpaired) electrons. The second-order valence-electron chi connectivity index (χ2n) is 7.04. The van der Waals surface area contributed by atoms with E-state index in [2.05, 4.69) is 10.7 Å². The van der Waals surface area contributed by atoms with Gasteiger partial charge in [-0.15, -0.1) is 0 Å². The molecule has 0 aromatic heterocycles. The maximum atomic E-state index is 13.1. The second kappa shape index (κ2) is 10.1. The summed E-state index contributed by atoms with van der Waals surface area (Å²) in [5.74, 6) is -0.610. The lowest BCUT2D eigenvalue weighted by Crippen LogP contribution is -2.63. The van der Waals surface area contributed by atoms with Gasteiger partial charge in [-0.25, -0.2) is 5.01 Å². The van der Waals surface area contributed by atoms with Crippen LogP contribution in [-0.4, -0.2) is 65.6 Å². The highest BCUT2D eigenvalue weighted by Gasteiger charge is 2.50. The van der Waals surface area contributed by atoms with E-state index >= 15 is 0 Å². The Kier molecular flexibility index (Phi) is 8.12. The van der Waals surface area contributed by atoms with Crippen molar-refractivity contribution in [1.82, 2.24) is 20.7 Å². The number of carbonyl (C=O) groups excluding carboxylic acids is 3. The van der Waals surface area contributed by atoms with Crippen LogP contribution in [0.2, 0.25) is 0 Å². The molecule has 2 saturated heterocycles. The molecule has 9 heteroatoms. The summed E-state index contributed by atoms with van der Waals surface area (Å²) in [5, 5.41) is 4.68. The Bertz CT molecular complexity index is 572. The van der Waals surface area contributed by atoms with E-state index in [0.29, 0.717) is 52.1 Å². The number of carbonyl (C=O) groups is 3. The molecule has 0 bridgehead atoms. The summed E-state index contributed by atoms with van der Waals surface area (Å²) in [6.45, 7) is 6.80. The third kappa shape index (κ3) is 5.24. The van der Waals surface area contributed by atoms with Crippen molar-refractivity contribution in [3.63, 3.8) is 0 Å². The first-order valence-corrected chi connectivity index (χ1v) is 10.1. The van der Waals surface area contributed by atoms with Crippen molar-refractivity contribution in [3.8, 4) is 0 Å². The normalized spacial score (nSPS) is 20.5. The van der Waals surface area contributed by atoms with Gasteiger partial charge in [0.1, 0.15) is 5.41 Å². The molecule has 0 saturated carbocycles. The molecule has 2 heterocycles. The molecule has 8 nitrogen and oxygen atoms in total. The number of hydrogen-bond acceptors (Lipinski definition) is 6. The molecule has 2 N–H and O–H groups in total. The molecule has 2 aliphatic heterocycles. The van der Waals surface area contributed by atoms with Gasteiger partial charge in [0.15, 0.2) is 5.11 Å². The van der Waals surface area contributed by atoms with Gasteiger partial charge in [-0.2, -0.15) is 0 Å². The fourth-order valence-corrected chi connectivity index (χ4v) is 3.93. The Morgan fingerprint density at radius 1 is 1.22 bits per heavy atom. The van der Waals surface area contributed by atoms with Gasteiger partial charge in [0.2, 0.25) is 17.7 Å². The van der Waals surface area contributed by atoms with Crippen LogP contribution in [0.3, 0.4) is 0 Å². The van der Waals surface area contributed by atoms with Crippen molar-refractivity contribution in [2.45, 2.75) is 52.4 Å². The number of rotatable bonds is 9. The molecular weight excluding hydrogens is 368 g/mol. The molecule has 2 aliphatic rings. The third-order valence-electron chi connectivity index (χ3n) is 4.99. The zero-order valence-corrected chi connectivity index (χ0v) is 17.0. The Morgan fingerprint density at radius 3 is 2.44 bits per heavy atom. The molecule has 152 valence electrons. The Morgan fingerprint density at radius 2 is 1.85 bits per heavy atom. The SMILES string of the molecule is CCCC1(CCC)C(=O)NC(=S)N(CCCC(=O)NN2CCOCC2)C1=O. The molecule has 0 unspecified atom stereocenters. The molecule has 27 heavy (non-hydrogen) atoms. The number of hydrogen-bond donors (Lipinski definition) is 2. The number of amides is 3. The minimum absolute atomic E-state index is 0.0929. The maximum Gasteiger partial charge on any atom is 0.244 e. The lowest BCUT2D eigenvalue weighted by atomic mass is 9.76. The summed E-state index contributed by atoms with van der Waals surface area (Å²) in [4.78, 5) is 39.2. The van der Waals surface area contributed by atoms with Gasteiger partial charge >= 0.3 is 0 Å². The Labute approximate surface area is 165 Å². The lowest BCUT2D eigenvalue weighted by molar-refractivity contribution is -0.151. The number of morpholine rings is 1. The smallest absolute Gasteiger partial charge is 0.244 e. The number of hydrazine groups is 1. The predicted molar refractivity (Wildman–Crippen MR) is 104 cm³/mol. The summed E-state index contributed by atoms with van der Waals surface area (Å²) in [6, 6.07) is 0. The van der Waals surface area contributed by atoms with Gasteiger partial charge in [-0.3, -0.25) is 24.7 Å². The largest absolute Gasteiger partial charge is 0.379 e. The average molecular weight is 399 g/mol. The maximum absolute atomic E-state index is 13.1. The minimum Gasteiger partial charge on any atom is -0.379 e. The standard InChI is InChI=1S/C18H30N4O4S/c1-3-7-18(8-4-2)15(24)19-17(27)22(16(18)25)9-5-6-14(23)20-21-10-12-26-13-11-21/h3-13H2,1-2H3,(H,20,23)(H,19,24,27). The van der Waals surface area contributed by atoms with E-state index in [9.17, 15) is 14.4 Å². The second-order valence-corrected chi connectivity index (χ2v) is 7.42. The Balaban J connectivity index is 1.91. The fraction of sp³-hybridized carbons (Fsp3) is 0.778. The highest BCUT2D eigenvalue weighted by atomic mass is 32.1. The molecule has 2 fully saturated rings. The van der Waals surface area contributed by atoms with E-state index in [1.165, 1.54) is 4.90 Å². The third-order valence-corrected chi connectivity index (χ3v) is 5.31. The van der Waals surface area contributed by atoms with E-state index in [4.69, 9.17) is 17.0 Å². The fourth-order valence-electron chi connectivity index (χ4n) is 3.66. The van der Waals surface area contributed by atoms with E-state index in [1.807, 2.05) is 18.9 Å². The molecule has 3 amide bonds. The van der Waals surface area contributed by atoms with Crippen LogP contribution in [0.4, 0.5) is 0 Å². The molecule has 0 atom stereocenters. The summed E-state index contributed by atoms with van der Waals surface area (Å²) in [5.41, 5.74) is 1.81. The zero-order valence-electron chi connectivity index (χ0n) is 16.2. The van der Waals surface area contributed by atoms with E-state index in [0.717, 1.165) is 12.8 Å². The highest BCUT2D eigenvalue weighted by molar-refractivity contribution is 7.80. The van der Waals surface area contributed by atoms with Gasteiger partial charge in [0.05, 0.1) is 13.2 Å². The number of nitrogens with zero attached hydrogens (tertiary/aromatic N) is 2. The quantitative estimate of drug-likeness (QED) is 0.444. The number of ether oxygens (including phenoxy) is 1. The molecule has 0 aromatic rings. The molecule has 0 aliphatic carbocycles. The van der Waals surface area contributed by atoms with Crippen LogP contribution in [0, 0.1) is 5.41 Å². The number of thiocarbonyl (C=S) groups is 1. The van der Waals surface area contributed by atoms with Gasteiger partial charge in [-0.05, 0) is 31.5 Å². The first-order chi connectivity index (χ1) is 12.9. The first-order valence-electron chi connectivity index (χ1n) is 9.74. The van der Waals surface area contributed by atoms with Crippen LogP contribution in [0.15, 0.2) is 0 Å². The predicted octanol–water partition coefficient (Wildman–Crippen LogP) is 0.960. The van der Waals surface area contributed by atoms with Crippen molar-refractivity contribution in [3.05, 3.63) is 0 Å². The lowest BCUT2D eigenvalue weighted by Gasteiger charge is -2.41. The molecule has 0 spiro atoms. The number of nitrogens with one attached hydrogen (secondary N) is 2. The zero-order chi connectivity index (χ0) is 19.9. The van der Waals surface area contributed by atoms with Gasteiger partial charge < -0.3 is 10.1 Å². The van der Waals surface area contributed by atoms with Gasteiger partial charge in [0, 0.05) is 26.1 Å². The van der Waals surface area contributed by atoms with Crippen LogP contribution in [0.5, 0.6) is 0 Å². The monoisotopic (exact) mass is 398 g/mol. The van der Waals surface area contributed by atoms with E-state index in [-0.39, 0.29) is 29.3 Å². The van der Waals surface area contributed by atoms with Crippen LogP contribution >= 0.6 is 12.2 Å². The molecular formula is C18H30N4O4S. The van der Waals surface area contributed by atoms with Crippen LogP contribution < -0.4 is 10.7 Å². The summed E-state index contributed by atoms with van der Waals surface area (Å²) < 4.78 is 5.25. The summed E-state index contributed by atoms with van der Waals surface area (Å²) in [7, 11) is 0. The van der Waals surface area contributed by atoms with Crippen molar-refractivity contribution in [2.24, 2.45) is 5.41 Å². The van der Waals surface area contributed by atoms with Crippen molar-refractivity contribution in [2.75, 3.05) is 32.8 Å². The van der Waals surface area contributed by atoms with E-state index in [1.54, 1.807) is 0 Å². The minimum atomic E-state index is -1.04. The van der Waals surface area contributed by atoms with Crippen LogP contribution in [0.25, 0.3) is 0 Å². The van der Waals surface area contributed by atoms with E-state index < -0.39 is 5.41 Å². The average Bonchev–Trinajstić information content (AvgIpc) is 2.64. The van der Waals surface area contributed by atoms with Gasteiger partial charge in [0.25, 0.3) is 0 Å². The molecule has 2 rings (SSSR count). The summed E-state index contributed by atoms with van der Waals surface area (Å²) >= 11 is 5.21. The van der Waals surface area contributed by atoms with Crippen molar-refractivity contribution >= 4 is 35.1 Å². The van der Waals surface area contributed by atoms with Crippen LogP contribution in [0.1, 0.15) is 52.4 Å². The van der Waals surface area contributed by atoms with Crippen molar-refractivity contribution in [1.29, 1.82) is 0 Å². The first kappa shape index (κ1) is 21.7. The Hall–Kier alpha value is -1.58. The van der Waals surface area contributed by atoms with Crippen LogP contribution in [-0.2, 0) is 19.1 Å². The molecule has 0 aromatic carbocycles. The summed E-state index contributed by atoms with van der Waals surface area (Å²) in [6.07, 6.45) is 3.24.